The van der Waals surface area contributed by atoms with Crippen molar-refractivity contribution in [3.05, 3.63) is 76.8 Å². The summed E-state index contributed by atoms with van der Waals surface area (Å²) in [6.45, 7) is 6.56. The lowest BCUT2D eigenvalue weighted by molar-refractivity contribution is -0.140. The second kappa shape index (κ2) is 10.5. The first-order valence-corrected chi connectivity index (χ1v) is 12.3. The number of benzene rings is 3. The standard InChI is InChI=1S/C28H30ClN3O3/c1-4-23(27(34)30-15-18(2)3)31(16-19-11-13-21(29)14-12-19)25(33)17-32-24-10-6-8-20-7-5-9-22(26(20)24)28(32)35/h5-14,18,23H,4,15-17H2,1-3H3,(H,30,34)/t23-/m1/s1. The average Bonchev–Trinajstić information content (AvgIpc) is 3.11. The molecule has 4 rings (SSSR count). The summed E-state index contributed by atoms with van der Waals surface area (Å²) in [7, 11) is 0. The first kappa shape index (κ1) is 24.7. The van der Waals surface area contributed by atoms with E-state index in [2.05, 4.69) is 5.32 Å². The highest BCUT2D eigenvalue weighted by molar-refractivity contribution is 6.30. The predicted octanol–water partition coefficient (Wildman–Crippen LogP) is 5.03. The van der Waals surface area contributed by atoms with Crippen LogP contribution < -0.4 is 10.2 Å². The van der Waals surface area contributed by atoms with Crippen LogP contribution >= 0.6 is 11.6 Å². The van der Waals surface area contributed by atoms with Crippen molar-refractivity contribution < 1.29 is 14.4 Å². The Bertz CT molecular complexity index is 1250. The van der Waals surface area contributed by atoms with Crippen LogP contribution in [-0.2, 0) is 16.1 Å². The Labute approximate surface area is 210 Å². The van der Waals surface area contributed by atoms with Gasteiger partial charge < -0.3 is 10.2 Å². The van der Waals surface area contributed by atoms with E-state index in [1.807, 2.05) is 63.2 Å². The van der Waals surface area contributed by atoms with Gasteiger partial charge in [0.2, 0.25) is 11.8 Å². The Morgan fingerprint density at radius 1 is 1.03 bits per heavy atom. The molecule has 1 aliphatic heterocycles. The Morgan fingerprint density at radius 3 is 2.37 bits per heavy atom. The quantitative estimate of drug-likeness (QED) is 0.456. The van der Waals surface area contributed by atoms with E-state index < -0.39 is 6.04 Å². The number of carbonyl (C=O) groups excluding carboxylic acids is 3. The van der Waals surface area contributed by atoms with E-state index in [1.165, 1.54) is 4.90 Å². The summed E-state index contributed by atoms with van der Waals surface area (Å²) in [6, 6.07) is 17.9. The van der Waals surface area contributed by atoms with Crippen molar-refractivity contribution in [2.45, 2.75) is 39.8 Å². The van der Waals surface area contributed by atoms with Gasteiger partial charge >= 0.3 is 0 Å². The minimum absolute atomic E-state index is 0.145. The third kappa shape index (κ3) is 5.17. The molecular formula is C28H30ClN3O3. The van der Waals surface area contributed by atoms with Crippen LogP contribution in [0.5, 0.6) is 0 Å². The summed E-state index contributed by atoms with van der Waals surface area (Å²) < 4.78 is 0. The minimum atomic E-state index is -0.659. The first-order chi connectivity index (χ1) is 16.8. The van der Waals surface area contributed by atoms with Crippen LogP contribution in [-0.4, -0.2) is 41.8 Å². The summed E-state index contributed by atoms with van der Waals surface area (Å²) in [5.74, 6) is -0.390. The van der Waals surface area contributed by atoms with Crippen LogP contribution in [0.25, 0.3) is 10.8 Å². The van der Waals surface area contributed by atoms with Gasteiger partial charge in [0.05, 0.1) is 5.69 Å². The zero-order valence-electron chi connectivity index (χ0n) is 20.3. The first-order valence-electron chi connectivity index (χ1n) is 11.9. The lowest BCUT2D eigenvalue weighted by Gasteiger charge is -2.32. The molecule has 0 aliphatic carbocycles. The lowest BCUT2D eigenvalue weighted by Crippen LogP contribution is -2.52. The lowest BCUT2D eigenvalue weighted by atomic mass is 10.1. The SMILES string of the molecule is CC[C@H](C(=O)NCC(C)C)N(Cc1ccc(Cl)cc1)C(=O)CN1C(=O)c2cccc3cccc1c23. The molecule has 0 spiro atoms. The third-order valence-corrected chi connectivity index (χ3v) is 6.53. The van der Waals surface area contributed by atoms with Crippen molar-refractivity contribution in [2.24, 2.45) is 5.92 Å². The van der Waals surface area contributed by atoms with E-state index in [0.29, 0.717) is 23.6 Å². The highest BCUT2D eigenvalue weighted by Crippen LogP contribution is 2.37. The van der Waals surface area contributed by atoms with Crippen molar-refractivity contribution in [2.75, 3.05) is 18.0 Å². The topological polar surface area (TPSA) is 69.7 Å². The molecule has 7 heteroatoms. The average molecular weight is 492 g/mol. The molecule has 6 nitrogen and oxygen atoms in total. The van der Waals surface area contributed by atoms with Crippen LogP contribution in [0.4, 0.5) is 5.69 Å². The maximum atomic E-state index is 13.8. The van der Waals surface area contributed by atoms with Gasteiger partial charge in [-0.1, -0.05) is 68.8 Å². The Morgan fingerprint density at radius 2 is 1.71 bits per heavy atom. The van der Waals surface area contributed by atoms with E-state index >= 15 is 0 Å². The van der Waals surface area contributed by atoms with Crippen LogP contribution in [0.1, 0.15) is 43.1 Å². The molecule has 0 unspecified atom stereocenters. The monoisotopic (exact) mass is 491 g/mol. The largest absolute Gasteiger partial charge is 0.354 e. The fraction of sp³-hybridized carbons (Fsp3) is 0.321. The maximum Gasteiger partial charge on any atom is 0.259 e. The number of nitrogens with zero attached hydrogens (tertiary/aromatic N) is 2. The number of amides is 3. The van der Waals surface area contributed by atoms with Gasteiger partial charge in [-0.15, -0.1) is 0 Å². The number of halogens is 1. The Kier molecular flexibility index (Phi) is 7.41. The van der Waals surface area contributed by atoms with Gasteiger partial charge in [-0.3, -0.25) is 19.3 Å². The van der Waals surface area contributed by atoms with E-state index in [4.69, 9.17) is 11.6 Å². The highest BCUT2D eigenvalue weighted by atomic mass is 35.5. The molecule has 0 aromatic heterocycles. The zero-order valence-corrected chi connectivity index (χ0v) is 21.0. The molecule has 3 aromatic carbocycles. The van der Waals surface area contributed by atoms with Gasteiger partial charge in [-0.25, -0.2) is 0 Å². The molecule has 35 heavy (non-hydrogen) atoms. The van der Waals surface area contributed by atoms with Gasteiger partial charge in [0.15, 0.2) is 0 Å². The fourth-order valence-corrected chi connectivity index (χ4v) is 4.62. The van der Waals surface area contributed by atoms with Crippen molar-refractivity contribution in [1.29, 1.82) is 0 Å². The molecule has 1 N–H and O–H groups in total. The highest BCUT2D eigenvalue weighted by Gasteiger charge is 2.35. The third-order valence-electron chi connectivity index (χ3n) is 6.28. The van der Waals surface area contributed by atoms with E-state index in [0.717, 1.165) is 22.0 Å². The van der Waals surface area contributed by atoms with Gasteiger partial charge in [0.25, 0.3) is 5.91 Å². The number of hydrogen-bond donors (Lipinski definition) is 1. The summed E-state index contributed by atoms with van der Waals surface area (Å²) in [5, 5.41) is 5.38. The normalized spacial score (nSPS) is 13.4. The van der Waals surface area contributed by atoms with Crippen molar-refractivity contribution in [3.8, 4) is 0 Å². The van der Waals surface area contributed by atoms with Crippen molar-refractivity contribution in [1.82, 2.24) is 10.2 Å². The summed E-state index contributed by atoms with van der Waals surface area (Å²) in [4.78, 5) is 43.2. The van der Waals surface area contributed by atoms with E-state index in [9.17, 15) is 14.4 Å². The smallest absolute Gasteiger partial charge is 0.259 e. The number of anilines is 1. The fourth-order valence-electron chi connectivity index (χ4n) is 4.49. The van der Waals surface area contributed by atoms with Crippen LogP contribution in [0.15, 0.2) is 60.7 Å². The second-order valence-electron chi connectivity index (χ2n) is 9.28. The molecule has 0 fully saturated rings. The molecule has 182 valence electrons. The molecule has 0 saturated heterocycles. The molecule has 3 aromatic rings. The summed E-state index contributed by atoms with van der Waals surface area (Å²) >= 11 is 6.05. The molecular weight excluding hydrogens is 462 g/mol. The van der Waals surface area contributed by atoms with Gasteiger partial charge in [-0.05, 0) is 47.6 Å². The molecule has 3 amide bonds. The molecule has 1 atom stereocenters. The van der Waals surface area contributed by atoms with E-state index in [1.54, 1.807) is 23.1 Å². The van der Waals surface area contributed by atoms with Gasteiger partial charge in [0.1, 0.15) is 12.6 Å². The summed E-state index contributed by atoms with van der Waals surface area (Å²) in [5.41, 5.74) is 2.17. The van der Waals surface area contributed by atoms with Crippen LogP contribution in [0.3, 0.4) is 0 Å². The molecule has 0 radical (unpaired) electrons. The van der Waals surface area contributed by atoms with Gasteiger partial charge in [-0.2, -0.15) is 0 Å². The summed E-state index contributed by atoms with van der Waals surface area (Å²) in [6.07, 6.45) is 0.451. The number of carbonyl (C=O) groups is 3. The van der Waals surface area contributed by atoms with E-state index in [-0.39, 0.29) is 36.7 Å². The number of hydrogen-bond acceptors (Lipinski definition) is 3. The molecule has 0 bridgehead atoms. The molecule has 1 aliphatic rings. The molecule has 1 heterocycles. The number of nitrogens with one attached hydrogen (secondary N) is 1. The van der Waals surface area contributed by atoms with Crippen LogP contribution in [0, 0.1) is 5.92 Å². The van der Waals surface area contributed by atoms with Crippen molar-refractivity contribution in [3.63, 3.8) is 0 Å². The number of rotatable bonds is 9. The Hall–Kier alpha value is -3.38. The predicted molar refractivity (Wildman–Crippen MR) is 140 cm³/mol. The van der Waals surface area contributed by atoms with Crippen molar-refractivity contribution >= 4 is 45.8 Å². The minimum Gasteiger partial charge on any atom is -0.354 e. The van der Waals surface area contributed by atoms with Gasteiger partial charge in [0, 0.05) is 29.1 Å². The molecule has 0 saturated carbocycles. The maximum absolute atomic E-state index is 13.8. The van der Waals surface area contributed by atoms with Crippen LogP contribution in [0.2, 0.25) is 5.02 Å². The second-order valence-corrected chi connectivity index (χ2v) is 9.72. The zero-order chi connectivity index (χ0) is 25.1. The Balaban J connectivity index is 1.63.